The molecule has 1 aromatic rings. The maximum atomic E-state index is 11.9. The number of amides is 1. The highest BCUT2D eigenvalue weighted by Gasteiger charge is 2.45. The van der Waals surface area contributed by atoms with E-state index in [2.05, 4.69) is 10.4 Å². The molecule has 2 N–H and O–H groups in total. The summed E-state index contributed by atoms with van der Waals surface area (Å²) in [6.45, 7) is 0. The minimum absolute atomic E-state index is 0.0321. The zero-order chi connectivity index (χ0) is 13.3. The first kappa shape index (κ1) is 12.3. The van der Waals surface area contributed by atoms with Gasteiger partial charge < -0.3 is 10.4 Å². The summed E-state index contributed by atoms with van der Waals surface area (Å²) in [6.07, 6.45) is 1.60. The monoisotopic (exact) mass is 251 g/mol. The summed E-state index contributed by atoms with van der Waals surface area (Å²) < 4.78 is 1.03. The van der Waals surface area contributed by atoms with Gasteiger partial charge in [0.2, 0.25) is 0 Å². The van der Waals surface area contributed by atoms with Gasteiger partial charge in [-0.1, -0.05) is 0 Å². The van der Waals surface area contributed by atoms with Crippen LogP contribution in [0.4, 0.5) is 0 Å². The van der Waals surface area contributed by atoms with Gasteiger partial charge in [-0.15, -0.1) is 0 Å². The number of aromatic nitrogens is 2. The number of nitrogens with zero attached hydrogens (tertiary/aromatic N) is 2. The Labute approximate surface area is 102 Å². The average Bonchev–Trinajstić information content (AvgIpc) is 2.26. The van der Waals surface area contributed by atoms with E-state index in [9.17, 15) is 14.4 Å². The van der Waals surface area contributed by atoms with E-state index in [1.807, 2.05) is 0 Å². The number of carbonyl (C=O) groups is 2. The number of carbonyl (C=O) groups excluding carboxylic acids is 1. The summed E-state index contributed by atoms with van der Waals surface area (Å²) in [5, 5.41) is 15.3. The molecule has 0 radical (unpaired) electrons. The molecule has 1 fully saturated rings. The number of aliphatic carboxylic acids is 1. The molecule has 0 aromatic carbocycles. The second-order valence-electron chi connectivity index (χ2n) is 4.38. The van der Waals surface area contributed by atoms with Crippen molar-refractivity contribution in [3.05, 3.63) is 28.2 Å². The van der Waals surface area contributed by atoms with Crippen LogP contribution in [-0.4, -0.2) is 32.3 Å². The average molecular weight is 251 g/mol. The van der Waals surface area contributed by atoms with Crippen molar-refractivity contribution in [3.8, 4) is 0 Å². The Kier molecular flexibility index (Phi) is 2.90. The van der Waals surface area contributed by atoms with Crippen molar-refractivity contribution < 1.29 is 14.7 Å². The highest BCUT2D eigenvalue weighted by atomic mass is 16.4. The van der Waals surface area contributed by atoms with Crippen molar-refractivity contribution >= 4 is 11.9 Å². The summed E-state index contributed by atoms with van der Waals surface area (Å²) in [5.41, 5.74) is -1.47. The van der Waals surface area contributed by atoms with E-state index in [1.165, 1.54) is 19.2 Å². The van der Waals surface area contributed by atoms with Crippen LogP contribution in [0.1, 0.15) is 29.8 Å². The molecule has 96 valence electrons. The lowest BCUT2D eigenvalue weighted by Gasteiger charge is -2.38. The fraction of sp³-hybridized carbons (Fsp3) is 0.455. The maximum absolute atomic E-state index is 11.9. The third-order valence-electron chi connectivity index (χ3n) is 3.16. The van der Waals surface area contributed by atoms with Crippen LogP contribution in [0.25, 0.3) is 0 Å². The highest BCUT2D eigenvalue weighted by molar-refractivity contribution is 5.96. The van der Waals surface area contributed by atoms with Crippen molar-refractivity contribution in [1.29, 1.82) is 0 Å². The first-order valence-corrected chi connectivity index (χ1v) is 5.55. The lowest BCUT2D eigenvalue weighted by molar-refractivity contribution is -0.148. The normalized spacial score (nSPS) is 16.7. The van der Waals surface area contributed by atoms with E-state index in [-0.39, 0.29) is 11.3 Å². The van der Waals surface area contributed by atoms with Crippen LogP contribution in [0.2, 0.25) is 0 Å². The van der Waals surface area contributed by atoms with Gasteiger partial charge in [0, 0.05) is 13.1 Å². The zero-order valence-corrected chi connectivity index (χ0v) is 9.84. The Morgan fingerprint density at radius 1 is 1.44 bits per heavy atom. The first-order chi connectivity index (χ1) is 8.44. The van der Waals surface area contributed by atoms with Gasteiger partial charge >= 0.3 is 5.97 Å². The van der Waals surface area contributed by atoms with E-state index >= 15 is 0 Å². The summed E-state index contributed by atoms with van der Waals surface area (Å²) in [7, 11) is 1.43. The predicted octanol–water partition coefficient (Wildman–Crippen LogP) is -0.483. The molecule has 1 amide bonds. The molecule has 0 atom stereocenters. The molecule has 1 heterocycles. The summed E-state index contributed by atoms with van der Waals surface area (Å²) in [5.74, 6) is -1.61. The molecule has 1 saturated carbocycles. The molecule has 1 aliphatic rings. The van der Waals surface area contributed by atoms with Crippen LogP contribution in [0.15, 0.2) is 16.9 Å². The van der Waals surface area contributed by atoms with Crippen molar-refractivity contribution in [2.24, 2.45) is 7.05 Å². The Morgan fingerprint density at radius 3 is 2.56 bits per heavy atom. The number of carboxylic acids is 1. The lowest BCUT2D eigenvalue weighted by Crippen LogP contribution is -2.59. The number of nitrogens with one attached hydrogen (secondary N) is 1. The largest absolute Gasteiger partial charge is 0.480 e. The molecule has 1 aromatic heterocycles. The second-order valence-corrected chi connectivity index (χ2v) is 4.38. The summed E-state index contributed by atoms with van der Waals surface area (Å²) in [4.78, 5) is 34.1. The van der Waals surface area contributed by atoms with Crippen LogP contribution < -0.4 is 10.9 Å². The standard InChI is InChI=1S/C11H13N3O4/c1-14-8(15)4-3-7(13-14)9(16)12-11(10(17)18)5-2-6-11/h3-4H,2,5-6H2,1H3,(H,12,16)(H,17,18). The van der Waals surface area contributed by atoms with E-state index in [0.29, 0.717) is 12.8 Å². The predicted molar refractivity (Wildman–Crippen MR) is 61.2 cm³/mol. The van der Waals surface area contributed by atoms with E-state index in [1.54, 1.807) is 0 Å². The van der Waals surface area contributed by atoms with Crippen LogP contribution in [0.3, 0.4) is 0 Å². The molecule has 7 heteroatoms. The molecule has 0 saturated heterocycles. The van der Waals surface area contributed by atoms with Crippen molar-refractivity contribution in [2.45, 2.75) is 24.8 Å². The molecule has 7 nitrogen and oxygen atoms in total. The Hall–Kier alpha value is -2.18. The quantitative estimate of drug-likeness (QED) is 0.755. The minimum Gasteiger partial charge on any atom is -0.480 e. The van der Waals surface area contributed by atoms with Crippen LogP contribution >= 0.6 is 0 Å². The minimum atomic E-state index is -1.17. The molecule has 1 aliphatic carbocycles. The number of carboxylic acid groups (broad SMARTS) is 1. The Balaban J connectivity index is 2.19. The van der Waals surface area contributed by atoms with Gasteiger partial charge in [0.25, 0.3) is 11.5 Å². The van der Waals surface area contributed by atoms with Gasteiger partial charge in [0.05, 0.1) is 0 Å². The number of hydrogen-bond donors (Lipinski definition) is 2. The van der Waals surface area contributed by atoms with Crippen molar-refractivity contribution in [2.75, 3.05) is 0 Å². The van der Waals surface area contributed by atoms with Crippen LogP contribution in [0.5, 0.6) is 0 Å². The molecule has 0 unspecified atom stereocenters. The molecule has 0 bridgehead atoms. The fourth-order valence-electron chi connectivity index (χ4n) is 1.83. The summed E-state index contributed by atoms with van der Waals surface area (Å²) >= 11 is 0. The van der Waals surface area contributed by atoms with Gasteiger partial charge in [-0.25, -0.2) is 9.48 Å². The van der Waals surface area contributed by atoms with E-state index in [4.69, 9.17) is 5.11 Å². The van der Waals surface area contributed by atoms with Crippen molar-refractivity contribution in [3.63, 3.8) is 0 Å². The fourth-order valence-corrected chi connectivity index (χ4v) is 1.83. The van der Waals surface area contributed by atoms with Gasteiger partial charge in [-0.2, -0.15) is 5.10 Å². The first-order valence-electron chi connectivity index (χ1n) is 5.55. The topological polar surface area (TPSA) is 101 Å². The third-order valence-corrected chi connectivity index (χ3v) is 3.16. The molecular weight excluding hydrogens is 238 g/mol. The molecular formula is C11H13N3O4. The third kappa shape index (κ3) is 1.99. The van der Waals surface area contributed by atoms with Gasteiger partial charge in [0.15, 0.2) is 0 Å². The van der Waals surface area contributed by atoms with Crippen LogP contribution in [-0.2, 0) is 11.8 Å². The van der Waals surface area contributed by atoms with Crippen molar-refractivity contribution in [1.82, 2.24) is 15.1 Å². The highest BCUT2D eigenvalue weighted by Crippen LogP contribution is 2.32. The number of hydrogen-bond acceptors (Lipinski definition) is 4. The Morgan fingerprint density at radius 2 is 2.11 bits per heavy atom. The van der Waals surface area contributed by atoms with Gasteiger partial charge in [-0.3, -0.25) is 9.59 Å². The lowest BCUT2D eigenvalue weighted by atomic mass is 9.76. The van der Waals surface area contributed by atoms with Crippen LogP contribution in [0, 0.1) is 0 Å². The van der Waals surface area contributed by atoms with E-state index < -0.39 is 17.4 Å². The van der Waals surface area contributed by atoms with Gasteiger partial charge in [0.1, 0.15) is 11.2 Å². The second kappa shape index (κ2) is 4.25. The smallest absolute Gasteiger partial charge is 0.329 e. The van der Waals surface area contributed by atoms with E-state index in [0.717, 1.165) is 11.1 Å². The SMILES string of the molecule is Cn1nc(C(=O)NC2(C(=O)O)CCC2)ccc1=O. The Bertz CT molecular complexity index is 560. The molecule has 0 spiro atoms. The summed E-state index contributed by atoms with van der Waals surface area (Å²) in [6, 6.07) is 2.50. The maximum Gasteiger partial charge on any atom is 0.329 e. The number of rotatable bonds is 3. The zero-order valence-electron chi connectivity index (χ0n) is 9.84. The molecule has 18 heavy (non-hydrogen) atoms. The molecule has 2 rings (SSSR count). The molecule has 0 aliphatic heterocycles. The number of aryl methyl sites for hydroxylation is 1. The van der Waals surface area contributed by atoms with Gasteiger partial charge in [-0.05, 0) is 25.3 Å².